The maximum Gasteiger partial charge on any atom is 0.241 e. The number of hydrogen-bond acceptors (Lipinski definition) is 2. The monoisotopic (exact) mass is 220 g/mol. The van der Waals surface area contributed by atoms with Crippen molar-refractivity contribution in [2.75, 3.05) is 12.4 Å². The average Bonchev–Trinajstić information content (AvgIpc) is 2.28. The third kappa shape index (κ3) is 2.99. The van der Waals surface area contributed by atoms with Crippen LogP contribution in [0.4, 0.5) is 5.69 Å². The Kier molecular flexibility index (Phi) is 4.35. The van der Waals surface area contributed by atoms with Crippen molar-refractivity contribution in [2.24, 2.45) is 0 Å². The van der Waals surface area contributed by atoms with Crippen LogP contribution in [-0.2, 0) is 4.79 Å². The summed E-state index contributed by atoms with van der Waals surface area (Å²) in [4.78, 5) is 11.4. The molecule has 0 saturated carbocycles. The fourth-order valence-corrected chi connectivity index (χ4v) is 1.65. The van der Waals surface area contributed by atoms with Gasteiger partial charge < -0.3 is 10.6 Å². The molecule has 1 atom stereocenters. The number of hydrogen-bond donors (Lipinski definition) is 2. The normalized spacial score (nSPS) is 12.3. The lowest BCUT2D eigenvalue weighted by molar-refractivity contribution is -0.121. The van der Waals surface area contributed by atoms with Gasteiger partial charge >= 0.3 is 0 Å². The van der Waals surface area contributed by atoms with E-state index in [0.717, 1.165) is 5.69 Å². The second-order valence-electron chi connectivity index (χ2n) is 4.22. The van der Waals surface area contributed by atoms with Crippen LogP contribution >= 0.6 is 0 Å². The Morgan fingerprint density at radius 1 is 1.19 bits per heavy atom. The highest BCUT2D eigenvalue weighted by atomic mass is 16.2. The van der Waals surface area contributed by atoms with E-state index in [9.17, 15) is 4.79 Å². The molecule has 16 heavy (non-hydrogen) atoms. The highest BCUT2D eigenvalue weighted by molar-refractivity contribution is 5.84. The molecule has 3 nitrogen and oxygen atoms in total. The summed E-state index contributed by atoms with van der Waals surface area (Å²) in [5.74, 6) is 0.444. The lowest BCUT2D eigenvalue weighted by atomic mass is 10.0. The first kappa shape index (κ1) is 12.6. The number of carbonyl (C=O) groups is 1. The molecular weight excluding hydrogens is 200 g/mol. The third-order valence-electron chi connectivity index (χ3n) is 2.59. The Balaban J connectivity index is 2.84. The van der Waals surface area contributed by atoms with E-state index in [1.807, 2.05) is 25.1 Å². The van der Waals surface area contributed by atoms with Gasteiger partial charge in [-0.3, -0.25) is 4.79 Å². The van der Waals surface area contributed by atoms with Crippen molar-refractivity contribution in [1.82, 2.24) is 5.32 Å². The predicted octanol–water partition coefficient (Wildman–Crippen LogP) is 2.36. The van der Waals surface area contributed by atoms with E-state index in [-0.39, 0.29) is 11.9 Å². The maximum absolute atomic E-state index is 11.4. The van der Waals surface area contributed by atoms with Crippen LogP contribution in [-0.4, -0.2) is 19.0 Å². The SMILES string of the molecule is CNC(=O)[C@H](C)Nc1ccccc1C(C)C. The molecular formula is C13H20N2O. The smallest absolute Gasteiger partial charge is 0.241 e. The van der Waals surface area contributed by atoms with Crippen molar-refractivity contribution in [1.29, 1.82) is 0 Å². The molecule has 0 aliphatic heterocycles. The summed E-state index contributed by atoms with van der Waals surface area (Å²) in [6.45, 7) is 6.14. The molecule has 0 radical (unpaired) electrons. The van der Waals surface area contributed by atoms with Crippen LogP contribution in [0.15, 0.2) is 24.3 Å². The molecule has 0 heterocycles. The van der Waals surface area contributed by atoms with Crippen molar-refractivity contribution in [3.8, 4) is 0 Å². The Morgan fingerprint density at radius 3 is 2.38 bits per heavy atom. The number of benzene rings is 1. The van der Waals surface area contributed by atoms with Gasteiger partial charge in [0.25, 0.3) is 0 Å². The van der Waals surface area contributed by atoms with Gasteiger partial charge in [-0.2, -0.15) is 0 Å². The first-order chi connectivity index (χ1) is 7.56. The molecule has 0 aliphatic rings. The summed E-state index contributed by atoms with van der Waals surface area (Å²) in [5, 5.41) is 5.86. The Morgan fingerprint density at radius 2 is 1.81 bits per heavy atom. The quantitative estimate of drug-likeness (QED) is 0.818. The minimum absolute atomic E-state index is 0.00133. The summed E-state index contributed by atoms with van der Waals surface area (Å²) >= 11 is 0. The summed E-state index contributed by atoms with van der Waals surface area (Å²) in [7, 11) is 1.65. The highest BCUT2D eigenvalue weighted by Crippen LogP contribution is 2.24. The van der Waals surface area contributed by atoms with Gasteiger partial charge in [0.05, 0.1) is 0 Å². The van der Waals surface area contributed by atoms with Gasteiger partial charge in [-0.1, -0.05) is 32.0 Å². The van der Waals surface area contributed by atoms with E-state index >= 15 is 0 Å². The summed E-state index contributed by atoms with van der Waals surface area (Å²) in [5.41, 5.74) is 2.27. The molecule has 88 valence electrons. The topological polar surface area (TPSA) is 41.1 Å². The number of para-hydroxylation sites is 1. The van der Waals surface area contributed by atoms with Crippen molar-refractivity contribution < 1.29 is 4.79 Å². The largest absolute Gasteiger partial charge is 0.374 e. The van der Waals surface area contributed by atoms with Crippen molar-refractivity contribution in [2.45, 2.75) is 32.7 Å². The van der Waals surface area contributed by atoms with Crippen LogP contribution in [0.5, 0.6) is 0 Å². The highest BCUT2D eigenvalue weighted by Gasteiger charge is 2.13. The molecule has 0 unspecified atom stereocenters. The second-order valence-corrected chi connectivity index (χ2v) is 4.22. The molecule has 1 aromatic rings. The lowest BCUT2D eigenvalue weighted by Crippen LogP contribution is -2.35. The second kappa shape index (κ2) is 5.54. The van der Waals surface area contributed by atoms with Crippen LogP contribution in [0.25, 0.3) is 0 Å². The molecule has 1 rings (SSSR count). The van der Waals surface area contributed by atoms with Crippen LogP contribution in [0.2, 0.25) is 0 Å². The van der Waals surface area contributed by atoms with E-state index in [2.05, 4.69) is 30.5 Å². The zero-order chi connectivity index (χ0) is 12.1. The fourth-order valence-electron chi connectivity index (χ4n) is 1.65. The van der Waals surface area contributed by atoms with E-state index in [4.69, 9.17) is 0 Å². The Labute approximate surface area is 97.2 Å². The van der Waals surface area contributed by atoms with E-state index in [0.29, 0.717) is 5.92 Å². The van der Waals surface area contributed by atoms with Crippen LogP contribution in [0.1, 0.15) is 32.3 Å². The summed E-state index contributed by atoms with van der Waals surface area (Å²) < 4.78 is 0. The molecule has 3 heteroatoms. The van der Waals surface area contributed by atoms with Gasteiger partial charge in [-0.15, -0.1) is 0 Å². The molecule has 0 fully saturated rings. The van der Waals surface area contributed by atoms with Gasteiger partial charge in [0.15, 0.2) is 0 Å². The number of likely N-dealkylation sites (N-methyl/N-ethyl adjacent to an activating group) is 1. The maximum atomic E-state index is 11.4. The van der Waals surface area contributed by atoms with Crippen molar-refractivity contribution in [3.63, 3.8) is 0 Å². The van der Waals surface area contributed by atoms with Crippen LogP contribution in [0, 0.1) is 0 Å². The predicted molar refractivity (Wildman–Crippen MR) is 67.7 cm³/mol. The number of nitrogens with one attached hydrogen (secondary N) is 2. The zero-order valence-corrected chi connectivity index (χ0v) is 10.4. The van der Waals surface area contributed by atoms with Crippen LogP contribution < -0.4 is 10.6 Å². The van der Waals surface area contributed by atoms with Gasteiger partial charge in [0.1, 0.15) is 6.04 Å². The molecule has 0 bridgehead atoms. The van der Waals surface area contributed by atoms with Gasteiger partial charge in [0.2, 0.25) is 5.91 Å². The minimum atomic E-state index is -0.218. The summed E-state index contributed by atoms with van der Waals surface area (Å²) in [6, 6.07) is 7.87. The van der Waals surface area contributed by atoms with Gasteiger partial charge in [-0.05, 0) is 24.5 Å². The van der Waals surface area contributed by atoms with Crippen molar-refractivity contribution in [3.05, 3.63) is 29.8 Å². The molecule has 2 N–H and O–H groups in total. The van der Waals surface area contributed by atoms with Crippen molar-refractivity contribution >= 4 is 11.6 Å². The summed E-state index contributed by atoms with van der Waals surface area (Å²) in [6.07, 6.45) is 0. The zero-order valence-electron chi connectivity index (χ0n) is 10.4. The number of rotatable bonds is 4. The lowest BCUT2D eigenvalue weighted by Gasteiger charge is -2.18. The van der Waals surface area contributed by atoms with E-state index in [1.165, 1.54) is 5.56 Å². The molecule has 0 saturated heterocycles. The number of anilines is 1. The van der Waals surface area contributed by atoms with Crippen LogP contribution in [0.3, 0.4) is 0 Å². The standard InChI is InChI=1S/C13H20N2O/c1-9(2)11-7-5-6-8-12(11)15-10(3)13(16)14-4/h5-10,15H,1-4H3,(H,14,16)/t10-/m0/s1. The van der Waals surface area contributed by atoms with Gasteiger partial charge in [-0.25, -0.2) is 0 Å². The number of carbonyl (C=O) groups excluding carboxylic acids is 1. The first-order valence-corrected chi connectivity index (χ1v) is 5.63. The first-order valence-electron chi connectivity index (χ1n) is 5.63. The third-order valence-corrected chi connectivity index (χ3v) is 2.59. The van der Waals surface area contributed by atoms with Gasteiger partial charge in [0, 0.05) is 12.7 Å². The van der Waals surface area contributed by atoms with E-state index < -0.39 is 0 Å². The minimum Gasteiger partial charge on any atom is -0.374 e. The number of amides is 1. The van der Waals surface area contributed by atoms with E-state index in [1.54, 1.807) is 7.05 Å². The molecule has 0 aliphatic carbocycles. The average molecular weight is 220 g/mol. The molecule has 1 amide bonds. The molecule has 0 spiro atoms. The molecule has 0 aromatic heterocycles. The Hall–Kier alpha value is -1.51. The fraction of sp³-hybridized carbons (Fsp3) is 0.462. The molecule has 1 aromatic carbocycles. The Bertz CT molecular complexity index is 361.